The van der Waals surface area contributed by atoms with Crippen LogP contribution in [0.4, 0.5) is 0 Å². The maximum Gasteiger partial charge on any atom is 0.326 e. The van der Waals surface area contributed by atoms with Crippen LogP contribution in [0.1, 0.15) is 60.3 Å². The number of carbonyl (C=O) groups is 4. The third-order valence-corrected chi connectivity index (χ3v) is 5.94. The number of aliphatic hydroxyl groups is 1. The first-order valence-corrected chi connectivity index (χ1v) is 11.9. The van der Waals surface area contributed by atoms with Gasteiger partial charge in [-0.1, -0.05) is 40.5 Å². The van der Waals surface area contributed by atoms with Crippen molar-refractivity contribution in [1.82, 2.24) is 16.0 Å². The lowest BCUT2D eigenvalue weighted by Gasteiger charge is -2.29. The smallest absolute Gasteiger partial charge is 0.326 e. The number of guanidine groups is 1. The number of hydrogen-bond donors (Lipinski definition) is 8. The molecule has 3 amide bonds. The number of aliphatic carboxylic acids is 1. The number of aliphatic imine (C=N–C) groups is 1. The number of carboxylic acids is 1. The van der Waals surface area contributed by atoms with Gasteiger partial charge in [-0.25, -0.2) is 4.79 Å². The van der Waals surface area contributed by atoms with Crippen LogP contribution in [0.2, 0.25) is 0 Å². The predicted octanol–water partition coefficient (Wildman–Crippen LogP) is -1.62. The van der Waals surface area contributed by atoms with Crippen LogP contribution in [0.5, 0.6) is 0 Å². The van der Waals surface area contributed by atoms with Gasteiger partial charge in [-0.05, 0) is 31.6 Å². The summed E-state index contributed by atoms with van der Waals surface area (Å²) in [5.41, 5.74) is 16.5. The highest BCUT2D eigenvalue weighted by Crippen LogP contribution is 2.11. The summed E-state index contributed by atoms with van der Waals surface area (Å²) in [7, 11) is 0. The Morgan fingerprint density at radius 3 is 1.74 bits per heavy atom. The second-order valence-corrected chi connectivity index (χ2v) is 8.86. The van der Waals surface area contributed by atoms with E-state index in [2.05, 4.69) is 20.9 Å². The van der Waals surface area contributed by atoms with E-state index in [-0.39, 0.29) is 24.2 Å². The van der Waals surface area contributed by atoms with E-state index in [9.17, 15) is 29.4 Å². The zero-order valence-corrected chi connectivity index (χ0v) is 21.3. The molecule has 0 rings (SSSR count). The van der Waals surface area contributed by atoms with E-state index in [1.807, 2.05) is 6.92 Å². The fraction of sp³-hybridized carbons (Fsp3) is 0.773. The summed E-state index contributed by atoms with van der Waals surface area (Å²) in [4.78, 5) is 53.8. The molecule has 0 aliphatic heterocycles. The Morgan fingerprint density at radius 1 is 0.829 bits per heavy atom. The number of carbonyl (C=O) groups excluding carboxylic acids is 3. The number of hydrogen-bond acceptors (Lipinski definition) is 7. The fourth-order valence-electron chi connectivity index (χ4n) is 3.19. The van der Waals surface area contributed by atoms with E-state index in [1.165, 1.54) is 6.92 Å². The minimum Gasteiger partial charge on any atom is -0.480 e. The molecular weight excluding hydrogens is 458 g/mol. The normalized spacial score (nSPS) is 17.0. The van der Waals surface area contributed by atoms with Crippen molar-refractivity contribution in [1.29, 1.82) is 0 Å². The van der Waals surface area contributed by atoms with E-state index < -0.39 is 54.0 Å². The summed E-state index contributed by atoms with van der Waals surface area (Å²) >= 11 is 0. The van der Waals surface area contributed by atoms with Crippen LogP contribution in [0.15, 0.2) is 4.99 Å². The first-order chi connectivity index (χ1) is 16.3. The van der Waals surface area contributed by atoms with E-state index in [0.29, 0.717) is 25.8 Å². The second kappa shape index (κ2) is 15.9. The highest BCUT2D eigenvalue weighted by Gasteiger charge is 2.35. The molecule has 13 nitrogen and oxygen atoms in total. The molecule has 11 N–H and O–H groups in total. The summed E-state index contributed by atoms with van der Waals surface area (Å²) in [5.74, 6) is -4.08. The molecule has 7 unspecified atom stereocenters. The van der Waals surface area contributed by atoms with Crippen LogP contribution in [-0.4, -0.2) is 76.7 Å². The Morgan fingerprint density at radius 2 is 1.29 bits per heavy atom. The van der Waals surface area contributed by atoms with Gasteiger partial charge in [0.25, 0.3) is 0 Å². The standard InChI is InChI=1S/C22H43N7O6/c1-6-11(3)15(27-18(31)14(23)9-8-10-26-22(24)25)19(32)29-17(13(5)30)20(33)28-16(21(34)35)12(4)7-2/h11-17,30H,6-10,23H2,1-5H3,(H,27,31)(H,28,33)(H,29,32)(H,34,35)(H4,24,25,26). The van der Waals surface area contributed by atoms with Crippen molar-refractivity contribution in [3.8, 4) is 0 Å². The van der Waals surface area contributed by atoms with Crippen LogP contribution in [-0.2, 0) is 19.2 Å². The van der Waals surface area contributed by atoms with Gasteiger partial charge in [-0.15, -0.1) is 0 Å². The Bertz CT molecular complexity index is 742. The van der Waals surface area contributed by atoms with Crippen molar-refractivity contribution < 1.29 is 29.4 Å². The number of aliphatic hydroxyl groups excluding tert-OH is 1. The maximum atomic E-state index is 13.0. The number of nitrogens with two attached hydrogens (primary N) is 3. The molecule has 0 saturated heterocycles. The molecule has 0 fully saturated rings. The van der Waals surface area contributed by atoms with Gasteiger partial charge in [0.05, 0.1) is 12.1 Å². The number of carboxylic acid groups (broad SMARTS) is 1. The van der Waals surface area contributed by atoms with Crippen LogP contribution >= 0.6 is 0 Å². The molecule has 0 saturated carbocycles. The molecule has 0 radical (unpaired) electrons. The topological polar surface area (TPSA) is 235 Å². The van der Waals surface area contributed by atoms with Crippen molar-refractivity contribution in [2.45, 2.75) is 90.6 Å². The lowest BCUT2D eigenvalue weighted by Crippen LogP contribution is -2.61. The minimum absolute atomic E-state index is 0.0629. The van der Waals surface area contributed by atoms with Gasteiger partial charge in [-0.2, -0.15) is 0 Å². The maximum absolute atomic E-state index is 13.0. The highest BCUT2D eigenvalue weighted by atomic mass is 16.4. The van der Waals surface area contributed by atoms with Gasteiger partial charge in [0, 0.05) is 6.54 Å². The van der Waals surface area contributed by atoms with Gasteiger partial charge in [-0.3, -0.25) is 19.4 Å². The van der Waals surface area contributed by atoms with Gasteiger partial charge < -0.3 is 43.4 Å². The van der Waals surface area contributed by atoms with Crippen molar-refractivity contribution in [3.05, 3.63) is 0 Å². The largest absolute Gasteiger partial charge is 0.480 e. The Hall–Kier alpha value is -2.93. The fourth-order valence-corrected chi connectivity index (χ4v) is 3.19. The summed E-state index contributed by atoms with van der Waals surface area (Å²) in [6.07, 6.45) is 0.437. The molecule has 0 spiro atoms. The molecule has 7 atom stereocenters. The number of amides is 3. The first kappa shape index (κ1) is 32.1. The molecule has 35 heavy (non-hydrogen) atoms. The molecule has 0 aromatic carbocycles. The summed E-state index contributed by atoms with van der Waals surface area (Å²) in [5, 5.41) is 27.0. The molecule has 0 aliphatic carbocycles. The Balaban J connectivity index is 5.41. The SMILES string of the molecule is CCC(C)C(NC(=O)C(NC(=O)C(NC(=O)C(N)CCCN=C(N)N)C(C)CC)C(C)O)C(=O)O. The molecule has 202 valence electrons. The number of nitrogens with one attached hydrogen (secondary N) is 3. The van der Waals surface area contributed by atoms with E-state index >= 15 is 0 Å². The predicted molar refractivity (Wildman–Crippen MR) is 132 cm³/mol. The average Bonchev–Trinajstić information content (AvgIpc) is 2.79. The second-order valence-electron chi connectivity index (χ2n) is 8.86. The Kier molecular flexibility index (Phi) is 14.5. The minimum atomic E-state index is -1.43. The summed E-state index contributed by atoms with van der Waals surface area (Å²) < 4.78 is 0. The monoisotopic (exact) mass is 501 g/mol. The van der Waals surface area contributed by atoms with Crippen molar-refractivity contribution in [3.63, 3.8) is 0 Å². The van der Waals surface area contributed by atoms with Crippen molar-refractivity contribution in [2.75, 3.05) is 6.54 Å². The van der Waals surface area contributed by atoms with Crippen molar-refractivity contribution >= 4 is 29.7 Å². The van der Waals surface area contributed by atoms with E-state index in [0.717, 1.165) is 0 Å². The Labute approximate surface area is 206 Å². The van der Waals surface area contributed by atoms with Crippen LogP contribution in [0.25, 0.3) is 0 Å². The van der Waals surface area contributed by atoms with Crippen LogP contribution in [0, 0.1) is 11.8 Å². The molecule has 0 aromatic heterocycles. The third-order valence-electron chi connectivity index (χ3n) is 5.94. The molecular formula is C22H43N7O6. The first-order valence-electron chi connectivity index (χ1n) is 11.9. The van der Waals surface area contributed by atoms with Crippen LogP contribution < -0.4 is 33.2 Å². The summed E-state index contributed by atoms with van der Waals surface area (Å²) in [6.45, 7) is 8.63. The van der Waals surface area contributed by atoms with Gasteiger partial charge in [0.2, 0.25) is 17.7 Å². The third kappa shape index (κ3) is 11.4. The number of nitrogens with zero attached hydrogens (tertiary/aromatic N) is 1. The quantitative estimate of drug-likeness (QED) is 0.0688. The van der Waals surface area contributed by atoms with Gasteiger partial charge >= 0.3 is 5.97 Å². The van der Waals surface area contributed by atoms with E-state index in [4.69, 9.17) is 17.2 Å². The molecule has 0 bridgehead atoms. The molecule has 13 heteroatoms. The molecule has 0 aliphatic rings. The number of rotatable bonds is 16. The zero-order valence-electron chi connectivity index (χ0n) is 21.3. The van der Waals surface area contributed by atoms with Crippen molar-refractivity contribution in [2.24, 2.45) is 34.0 Å². The molecule has 0 heterocycles. The van der Waals surface area contributed by atoms with Gasteiger partial charge in [0.15, 0.2) is 5.96 Å². The lowest BCUT2D eigenvalue weighted by molar-refractivity contribution is -0.144. The highest BCUT2D eigenvalue weighted by molar-refractivity contribution is 5.94. The van der Waals surface area contributed by atoms with Gasteiger partial charge in [0.1, 0.15) is 18.1 Å². The average molecular weight is 502 g/mol. The molecule has 0 aromatic rings. The van der Waals surface area contributed by atoms with E-state index in [1.54, 1.807) is 20.8 Å². The summed E-state index contributed by atoms with van der Waals surface area (Å²) in [6, 6.07) is -4.56. The lowest BCUT2D eigenvalue weighted by atomic mass is 9.96. The van der Waals surface area contributed by atoms with Crippen LogP contribution in [0.3, 0.4) is 0 Å². The zero-order chi connectivity index (χ0) is 27.3.